The first-order valence-electron chi connectivity index (χ1n) is 6.39. The van der Waals surface area contributed by atoms with Crippen LogP contribution in [0, 0.1) is 5.92 Å². The molecule has 1 fully saturated rings. The fraction of sp³-hybridized carbons (Fsp3) is 0.500. The van der Waals surface area contributed by atoms with Gasteiger partial charge in [0.05, 0.1) is 0 Å². The van der Waals surface area contributed by atoms with Gasteiger partial charge in [0.15, 0.2) is 0 Å². The molecule has 1 saturated carbocycles. The second-order valence-electron chi connectivity index (χ2n) is 4.84. The summed E-state index contributed by atoms with van der Waals surface area (Å²) in [7, 11) is 0. The highest BCUT2D eigenvalue weighted by Gasteiger charge is 2.14. The van der Waals surface area contributed by atoms with E-state index >= 15 is 0 Å². The number of amides is 1. The average molecular weight is 269 g/mol. The summed E-state index contributed by atoms with van der Waals surface area (Å²) in [5, 5.41) is 3.01. The van der Waals surface area contributed by atoms with Crippen LogP contribution in [-0.4, -0.2) is 12.5 Å². The molecule has 0 heterocycles. The Balaban J connectivity index is 0.00000162. The van der Waals surface area contributed by atoms with Crippen molar-refractivity contribution in [1.29, 1.82) is 0 Å². The van der Waals surface area contributed by atoms with E-state index in [0.717, 1.165) is 6.54 Å². The first kappa shape index (κ1) is 14.8. The minimum atomic E-state index is 0. The van der Waals surface area contributed by atoms with Crippen LogP contribution in [0.1, 0.15) is 42.5 Å². The van der Waals surface area contributed by atoms with Crippen LogP contribution in [0.3, 0.4) is 0 Å². The summed E-state index contributed by atoms with van der Waals surface area (Å²) >= 11 is 0. The number of nitrogens with one attached hydrogen (secondary N) is 1. The fourth-order valence-corrected chi connectivity index (χ4v) is 2.36. The first-order valence-corrected chi connectivity index (χ1v) is 6.39. The Bertz CT molecular complexity index is 372. The van der Waals surface area contributed by atoms with Gasteiger partial charge in [-0.05, 0) is 43.0 Å². The van der Waals surface area contributed by atoms with Gasteiger partial charge in [-0.3, -0.25) is 4.79 Å². The Hall–Kier alpha value is -1.22. The summed E-state index contributed by atoms with van der Waals surface area (Å²) in [6, 6.07) is 7.06. The Kier molecular flexibility index (Phi) is 5.99. The quantitative estimate of drug-likeness (QED) is 0.828. The number of hydrogen-bond donors (Lipinski definition) is 2. The second-order valence-corrected chi connectivity index (χ2v) is 4.84. The predicted octanol–water partition coefficient (Wildman–Crippen LogP) is 3.00. The highest BCUT2D eigenvalue weighted by atomic mass is 35.5. The number of nitrogens with two attached hydrogens (primary N) is 1. The molecule has 3 N–H and O–H groups in total. The van der Waals surface area contributed by atoms with Crippen molar-refractivity contribution in [2.24, 2.45) is 5.92 Å². The molecule has 4 heteroatoms. The van der Waals surface area contributed by atoms with Gasteiger partial charge in [-0.15, -0.1) is 12.4 Å². The Morgan fingerprint density at radius 2 is 1.78 bits per heavy atom. The van der Waals surface area contributed by atoms with Crippen LogP contribution in [0.4, 0.5) is 5.69 Å². The number of carbonyl (C=O) groups is 1. The van der Waals surface area contributed by atoms with Crippen molar-refractivity contribution in [2.45, 2.75) is 32.1 Å². The number of carbonyl (C=O) groups excluding carboxylic acids is 1. The van der Waals surface area contributed by atoms with Gasteiger partial charge in [-0.2, -0.15) is 0 Å². The van der Waals surface area contributed by atoms with Gasteiger partial charge in [-0.25, -0.2) is 0 Å². The van der Waals surface area contributed by atoms with Gasteiger partial charge in [0.1, 0.15) is 0 Å². The van der Waals surface area contributed by atoms with E-state index in [1.807, 2.05) is 0 Å². The number of hydrogen-bond acceptors (Lipinski definition) is 2. The molecule has 1 aliphatic carbocycles. The molecule has 0 unspecified atom stereocenters. The molecule has 1 aliphatic rings. The van der Waals surface area contributed by atoms with Crippen LogP contribution >= 0.6 is 12.4 Å². The molecule has 1 aromatic carbocycles. The lowest BCUT2D eigenvalue weighted by Gasteiger charge is -2.21. The van der Waals surface area contributed by atoms with Gasteiger partial charge in [0.2, 0.25) is 0 Å². The zero-order chi connectivity index (χ0) is 12.1. The van der Waals surface area contributed by atoms with Crippen molar-refractivity contribution in [3.05, 3.63) is 29.8 Å². The number of anilines is 1. The Morgan fingerprint density at radius 3 is 2.39 bits per heavy atom. The van der Waals surface area contributed by atoms with Crippen LogP contribution in [0.25, 0.3) is 0 Å². The third-order valence-electron chi connectivity index (χ3n) is 3.45. The van der Waals surface area contributed by atoms with E-state index in [-0.39, 0.29) is 18.3 Å². The van der Waals surface area contributed by atoms with Crippen molar-refractivity contribution < 1.29 is 4.79 Å². The molecule has 0 saturated heterocycles. The molecule has 0 radical (unpaired) electrons. The second kappa shape index (κ2) is 7.27. The zero-order valence-corrected chi connectivity index (χ0v) is 11.3. The lowest BCUT2D eigenvalue weighted by molar-refractivity contribution is 0.0943. The summed E-state index contributed by atoms with van der Waals surface area (Å²) in [5.74, 6) is 0.678. The van der Waals surface area contributed by atoms with Gasteiger partial charge in [0, 0.05) is 17.8 Å². The minimum Gasteiger partial charge on any atom is -0.399 e. The van der Waals surface area contributed by atoms with E-state index in [9.17, 15) is 4.79 Å². The summed E-state index contributed by atoms with van der Waals surface area (Å²) < 4.78 is 0. The Labute approximate surface area is 115 Å². The third-order valence-corrected chi connectivity index (χ3v) is 3.45. The van der Waals surface area contributed by atoms with Crippen LogP contribution < -0.4 is 11.1 Å². The highest BCUT2D eigenvalue weighted by molar-refractivity contribution is 5.94. The standard InChI is InChI=1S/C14H20N2O.ClH/c15-13-8-6-12(7-9-13)14(17)16-10-11-4-2-1-3-5-11;/h6-9,11H,1-5,10,15H2,(H,16,17);1H. The number of rotatable bonds is 3. The van der Waals surface area contributed by atoms with Crippen molar-refractivity contribution >= 4 is 24.0 Å². The molecule has 0 spiro atoms. The maximum absolute atomic E-state index is 11.8. The molecule has 18 heavy (non-hydrogen) atoms. The number of benzene rings is 1. The minimum absolute atomic E-state index is 0. The summed E-state index contributed by atoms with van der Waals surface area (Å²) in [6.45, 7) is 0.809. The normalized spacial score (nSPS) is 15.8. The first-order chi connectivity index (χ1) is 8.25. The maximum Gasteiger partial charge on any atom is 0.251 e. The van der Waals surface area contributed by atoms with Gasteiger partial charge in [-0.1, -0.05) is 19.3 Å². The van der Waals surface area contributed by atoms with Crippen LogP contribution in [0.2, 0.25) is 0 Å². The third kappa shape index (κ3) is 4.22. The molecule has 2 rings (SSSR count). The van der Waals surface area contributed by atoms with Crippen LogP contribution in [0.5, 0.6) is 0 Å². The summed E-state index contributed by atoms with van der Waals surface area (Å²) in [6.07, 6.45) is 6.47. The highest BCUT2D eigenvalue weighted by Crippen LogP contribution is 2.22. The molecular weight excluding hydrogens is 248 g/mol. The molecule has 1 aromatic rings. The Morgan fingerprint density at radius 1 is 1.17 bits per heavy atom. The van der Waals surface area contributed by atoms with E-state index < -0.39 is 0 Å². The van der Waals surface area contributed by atoms with Crippen molar-refractivity contribution in [3.8, 4) is 0 Å². The van der Waals surface area contributed by atoms with Crippen molar-refractivity contribution in [1.82, 2.24) is 5.32 Å². The SMILES string of the molecule is Cl.Nc1ccc(C(=O)NCC2CCCCC2)cc1. The predicted molar refractivity (Wildman–Crippen MR) is 77.0 cm³/mol. The largest absolute Gasteiger partial charge is 0.399 e. The van der Waals surface area contributed by atoms with E-state index in [1.54, 1.807) is 24.3 Å². The fourth-order valence-electron chi connectivity index (χ4n) is 2.36. The average Bonchev–Trinajstić information content (AvgIpc) is 2.38. The van der Waals surface area contributed by atoms with Crippen LogP contribution in [-0.2, 0) is 0 Å². The lowest BCUT2D eigenvalue weighted by atomic mass is 9.89. The van der Waals surface area contributed by atoms with Crippen molar-refractivity contribution in [3.63, 3.8) is 0 Å². The van der Waals surface area contributed by atoms with E-state index in [1.165, 1.54) is 32.1 Å². The molecular formula is C14H21ClN2O. The molecule has 3 nitrogen and oxygen atoms in total. The van der Waals surface area contributed by atoms with Gasteiger partial charge >= 0.3 is 0 Å². The van der Waals surface area contributed by atoms with Gasteiger partial charge in [0.25, 0.3) is 5.91 Å². The lowest BCUT2D eigenvalue weighted by Crippen LogP contribution is -2.30. The van der Waals surface area contributed by atoms with Crippen LogP contribution in [0.15, 0.2) is 24.3 Å². The molecule has 0 aliphatic heterocycles. The zero-order valence-electron chi connectivity index (χ0n) is 10.5. The maximum atomic E-state index is 11.8. The summed E-state index contributed by atoms with van der Waals surface area (Å²) in [5.41, 5.74) is 6.96. The number of nitrogen functional groups attached to an aromatic ring is 1. The van der Waals surface area contributed by atoms with E-state index in [0.29, 0.717) is 17.2 Å². The molecule has 1 amide bonds. The molecule has 0 atom stereocenters. The summed E-state index contributed by atoms with van der Waals surface area (Å²) in [4.78, 5) is 11.8. The number of halogens is 1. The van der Waals surface area contributed by atoms with E-state index in [4.69, 9.17) is 5.73 Å². The smallest absolute Gasteiger partial charge is 0.251 e. The topological polar surface area (TPSA) is 55.1 Å². The molecule has 0 bridgehead atoms. The molecule has 0 aromatic heterocycles. The molecule has 100 valence electrons. The van der Waals surface area contributed by atoms with E-state index in [2.05, 4.69) is 5.32 Å². The monoisotopic (exact) mass is 268 g/mol. The van der Waals surface area contributed by atoms with Crippen molar-refractivity contribution in [2.75, 3.05) is 12.3 Å². The van der Waals surface area contributed by atoms with Gasteiger partial charge < -0.3 is 11.1 Å².